The second-order valence-electron chi connectivity index (χ2n) is 5.97. The van der Waals surface area contributed by atoms with E-state index in [-0.39, 0.29) is 36.1 Å². The summed E-state index contributed by atoms with van der Waals surface area (Å²) in [6.07, 6.45) is 4.13. The van der Waals surface area contributed by atoms with Gasteiger partial charge in [-0.2, -0.15) is 0 Å². The Bertz CT molecular complexity index is 539. The maximum Gasteiger partial charge on any atom is 0.251 e. The monoisotopic (exact) mass is 357 g/mol. The fourth-order valence-electron chi connectivity index (χ4n) is 2.94. The molecule has 5 nitrogen and oxygen atoms in total. The van der Waals surface area contributed by atoms with Crippen LogP contribution in [0, 0.1) is 11.7 Å². The van der Waals surface area contributed by atoms with Gasteiger partial charge >= 0.3 is 0 Å². The van der Waals surface area contributed by atoms with E-state index in [0.717, 1.165) is 19.3 Å². The molecule has 1 aliphatic carbocycles. The molecular formula is C17H25ClFN3O2. The summed E-state index contributed by atoms with van der Waals surface area (Å²) in [4.78, 5) is 23.7. The van der Waals surface area contributed by atoms with Crippen molar-refractivity contribution in [3.8, 4) is 0 Å². The molecule has 2 amide bonds. The Morgan fingerprint density at radius 2 is 1.92 bits per heavy atom. The van der Waals surface area contributed by atoms with Gasteiger partial charge in [0.1, 0.15) is 5.82 Å². The third kappa shape index (κ3) is 6.09. The van der Waals surface area contributed by atoms with Crippen LogP contribution in [-0.2, 0) is 4.79 Å². The highest BCUT2D eigenvalue weighted by molar-refractivity contribution is 5.94. The molecule has 0 bridgehead atoms. The lowest BCUT2D eigenvalue weighted by atomic mass is 10.0. The highest BCUT2D eigenvalue weighted by Gasteiger charge is 2.26. The Hall–Kier alpha value is -1.66. The Labute approximate surface area is 148 Å². The number of nitrogens with two attached hydrogens (primary N) is 1. The Morgan fingerprint density at radius 1 is 1.21 bits per heavy atom. The van der Waals surface area contributed by atoms with Crippen LogP contribution >= 0.6 is 12.4 Å². The molecule has 4 N–H and O–H groups in total. The maximum atomic E-state index is 12.8. The van der Waals surface area contributed by atoms with Crippen molar-refractivity contribution in [3.05, 3.63) is 35.6 Å². The van der Waals surface area contributed by atoms with Gasteiger partial charge in [-0.25, -0.2) is 4.39 Å². The predicted molar refractivity (Wildman–Crippen MR) is 93.5 cm³/mol. The lowest BCUT2D eigenvalue weighted by Crippen LogP contribution is -2.40. The van der Waals surface area contributed by atoms with Crippen LogP contribution in [0.3, 0.4) is 0 Å². The minimum atomic E-state index is -0.374. The quantitative estimate of drug-likeness (QED) is 0.652. The van der Waals surface area contributed by atoms with Gasteiger partial charge in [-0.15, -0.1) is 12.4 Å². The molecule has 1 fully saturated rings. The van der Waals surface area contributed by atoms with Crippen molar-refractivity contribution >= 4 is 24.2 Å². The molecule has 1 aliphatic rings. The van der Waals surface area contributed by atoms with Crippen LogP contribution in [0.15, 0.2) is 24.3 Å². The van der Waals surface area contributed by atoms with E-state index < -0.39 is 0 Å². The van der Waals surface area contributed by atoms with Gasteiger partial charge in [-0.05, 0) is 56.0 Å². The van der Waals surface area contributed by atoms with E-state index in [0.29, 0.717) is 37.4 Å². The topological polar surface area (TPSA) is 84.2 Å². The summed E-state index contributed by atoms with van der Waals surface area (Å²) in [5, 5.41) is 5.76. The summed E-state index contributed by atoms with van der Waals surface area (Å²) in [5.74, 6) is -0.242. The number of halogens is 2. The van der Waals surface area contributed by atoms with Gasteiger partial charge in [0.25, 0.3) is 5.91 Å². The fraction of sp³-hybridized carbons (Fsp3) is 0.529. The molecule has 2 atom stereocenters. The third-order valence-corrected chi connectivity index (χ3v) is 4.28. The lowest BCUT2D eigenvalue weighted by Gasteiger charge is -2.19. The zero-order valence-corrected chi connectivity index (χ0v) is 14.4. The van der Waals surface area contributed by atoms with Gasteiger partial charge in [0.15, 0.2) is 0 Å². The Kier molecular flexibility index (Phi) is 8.71. The van der Waals surface area contributed by atoms with Gasteiger partial charge in [-0.3, -0.25) is 9.59 Å². The summed E-state index contributed by atoms with van der Waals surface area (Å²) in [5.41, 5.74) is 6.11. The van der Waals surface area contributed by atoms with Crippen molar-refractivity contribution in [3.63, 3.8) is 0 Å². The largest absolute Gasteiger partial charge is 0.353 e. The summed E-state index contributed by atoms with van der Waals surface area (Å²) in [7, 11) is 0. The van der Waals surface area contributed by atoms with Crippen LogP contribution < -0.4 is 16.4 Å². The predicted octanol–water partition coefficient (Wildman–Crippen LogP) is 2.00. The number of hydrogen-bond donors (Lipinski definition) is 3. The SMILES string of the molecule is Cl.NCC1CCCC1NC(=O)CCCNC(=O)c1ccc(F)cc1. The Balaban J connectivity index is 0.00000288. The van der Waals surface area contributed by atoms with Crippen LogP contribution in [-0.4, -0.2) is 30.9 Å². The molecule has 0 aliphatic heterocycles. The number of carbonyl (C=O) groups excluding carboxylic acids is 2. The minimum absolute atomic E-state index is 0. The summed E-state index contributed by atoms with van der Waals surface area (Å²) in [6.45, 7) is 1.02. The van der Waals surface area contributed by atoms with E-state index >= 15 is 0 Å². The molecular weight excluding hydrogens is 333 g/mol. The fourth-order valence-corrected chi connectivity index (χ4v) is 2.94. The van der Waals surface area contributed by atoms with Crippen molar-refractivity contribution in [1.82, 2.24) is 10.6 Å². The molecule has 1 aromatic carbocycles. The van der Waals surface area contributed by atoms with Gasteiger partial charge in [0, 0.05) is 24.6 Å². The smallest absolute Gasteiger partial charge is 0.251 e. The molecule has 0 heterocycles. The Morgan fingerprint density at radius 3 is 2.58 bits per heavy atom. The van der Waals surface area contributed by atoms with Crippen LogP contribution in [0.1, 0.15) is 42.5 Å². The molecule has 1 saturated carbocycles. The molecule has 24 heavy (non-hydrogen) atoms. The summed E-state index contributed by atoms with van der Waals surface area (Å²) in [6, 6.07) is 5.56. The first-order valence-corrected chi connectivity index (χ1v) is 8.13. The lowest BCUT2D eigenvalue weighted by molar-refractivity contribution is -0.122. The van der Waals surface area contributed by atoms with Crippen molar-refractivity contribution in [2.45, 2.75) is 38.1 Å². The minimum Gasteiger partial charge on any atom is -0.353 e. The van der Waals surface area contributed by atoms with Crippen LogP contribution in [0.5, 0.6) is 0 Å². The standard InChI is InChI=1S/C17H24FN3O2.ClH/c18-14-8-6-12(7-9-14)17(23)20-10-2-5-16(22)21-15-4-1-3-13(15)11-19;/h6-9,13,15H,1-5,10-11,19H2,(H,20,23)(H,21,22);1H. The number of carbonyl (C=O) groups is 2. The number of amides is 2. The highest BCUT2D eigenvalue weighted by atomic mass is 35.5. The van der Waals surface area contributed by atoms with E-state index in [2.05, 4.69) is 10.6 Å². The molecule has 0 aromatic heterocycles. The van der Waals surface area contributed by atoms with Crippen LogP contribution in [0.4, 0.5) is 4.39 Å². The molecule has 2 unspecified atom stereocenters. The summed E-state index contributed by atoms with van der Waals surface area (Å²) < 4.78 is 12.8. The molecule has 1 aromatic rings. The van der Waals surface area contributed by atoms with Gasteiger partial charge in [0.2, 0.25) is 5.91 Å². The second-order valence-corrected chi connectivity index (χ2v) is 5.97. The maximum absolute atomic E-state index is 12.8. The zero-order valence-electron chi connectivity index (χ0n) is 13.6. The van der Waals surface area contributed by atoms with E-state index in [1.807, 2.05) is 0 Å². The van der Waals surface area contributed by atoms with Crippen molar-refractivity contribution in [2.75, 3.05) is 13.1 Å². The normalized spacial score (nSPS) is 19.4. The molecule has 134 valence electrons. The van der Waals surface area contributed by atoms with Crippen molar-refractivity contribution in [1.29, 1.82) is 0 Å². The van der Waals surface area contributed by atoms with Crippen LogP contribution in [0.25, 0.3) is 0 Å². The average Bonchev–Trinajstić information content (AvgIpc) is 2.99. The molecule has 7 heteroatoms. The molecule has 2 rings (SSSR count). The van der Waals surface area contributed by atoms with Crippen molar-refractivity contribution in [2.24, 2.45) is 11.7 Å². The second kappa shape index (κ2) is 10.3. The first-order valence-electron chi connectivity index (χ1n) is 8.13. The molecule has 0 saturated heterocycles. The van der Waals surface area contributed by atoms with Gasteiger partial charge in [0.05, 0.1) is 0 Å². The zero-order chi connectivity index (χ0) is 16.7. The van der Waals surface area contributed by atoms with Gasteiger partial charge in [-0.1, -0.05) is 6.42 Å². The van der Waals surface area contributed by atoms with Crippen molar-refractivity contribution < 1.29 is 14.0 Å². The van der Waals surface area contributed by atoms with E-state index in [4.69, 9.17) is 5.73 Å². The van der Waals surface area contributed by atoms with E-state index in [1.54, 1.807) is 0 Å². The first kappa shape index (κ1) is 20.4. The highest BCUT2D eigenvalue weighted by Crippen LogP contribution is 2.24. The van der Waals surface area contributed by atoms with Crippen LogP contribution in [0.2, 0.25) is 0 Å². The number of benzene rings is 1. The first-order chi connectivity index (χ1) is 11.1. The number of hydrogen-bond acceptors (Lipinski definition) is 3. The third-order valence-electron chi connectivity index (χ3n) is 4.28. The number of nitrogens with one attached hydrogen (secondary N) is 2. The molecule has 0 spiro atoms. The summed E-state index contributed by atoms with van der Waals surface area (Å²) >= 11 is 0. The number of rotatable bonds is 7. The molecule has 0 radical (unpaired) electrons. The van der Waals surface area contributed by atoms with Gasteiger partial charge < -0.3 is 16.4 Å². The average molecular weight is 358 g/mol. The van der Waals surface area contributed by atoms with E-state index in [9.17, 15) is 14.0 Å². The van der Waals surface area contributed by atoms with E-state index in [1.165, 1.54) is 24.3 Å².